The molecular weight excluding hydrogens is 138 g/mol. The molecule has 1 unspecified atom stereocenters. The molecule has 0 saturated carbocycles. The van der Waals surface area contributed by atoms with Crippen molar-refractivity contribution >= 4 is 6.21 Å². The Morgan fingerprint density at radius 1 is 1.45 bits per heavy atom. The Labute approximate surface area is 65.2 Å². The molecule has 2 heterocycles. The first-order valence-electron chi connectivity index (χ1n) is 3.74. The molecule has 1 aliphatic heterocycles. The van der Waals surface area contributed by atoms with Crippen molar-refractivity contribution in [1.82, 2.24) is 9.97 Å². The summed E-state index contributed by atoms with van der Waals surface area (Å²) in [6.45, 7) is 0. The summed E-state index contributed by atoms with van der Waals surface area (Å²) in [6, 6.07) is 2.21. The summed E-state index contributed by atoms with van der Waals surface area (Å²) in [5.74, 6) is 0. The van der Waals surface area contributed by atoms with Crippen LogP contribution in [0.3, 0.4) is 0 Å². The van der Waals surface area contributed by atoms with Crippen LogP contribution in [0.5, 0.6) is 0 Å². The standard InChI is InChI=1S/C8H9N3/c1-2-7(10-4-1)8-3-5-9-6-11-8/h3-7H,1-2H2. The lowest BCUT2D eigenvalue weighted by Gasteiger charge is -2.03. The summed E-state index contributed by atoms with van der Waals surface area (Å²) >= 11 is 0. The van der Waals surface area contributed by atoms with Gasteiger partial charge in [0.25, 0.3) is 0 Å². The second-order valence-electron chi connectivity index (χ2n) is 2.56. The van der Waals surface area contributed by atoms with Crippen molar-refractivity contribution in [2.45, 2.75) is 18.9 Å². The second kappa shape index (κ2) is 2.78. The summed E-state index contributed by atoms with van der Waals surface area (Å²) in [4.78, 5) is 12.3. The predicted molar refractivity (Wildman–Crippen MR) is 42.5 cm³/mol. The van der Waals surface area contributed by atoms with Crippen molar-refractivity contribution < 1.29 is 0 Å². The lowest BCUT2D eigenvalue weighted by atomic mass is 10.1. The van der Waals surface area contributed by atoms with E-state index in [0.29, 0.717) is 0 Å². The minimum Gasteiger partial charge on any atom is -0.288 e. The Kier molecular flexibility index (Phi) is 1.63. The molecule has 3 nitrogen and oxygen atoms in total. The fourth-order valence-corrected chi connectivity index (χ4v) is 1.23. The van der Waals surface area contributed by atoms with Crippen LogP contribution in [0.4, 0.5) is 0 Å². The van der Waals surface area contributed by atoms with Crippen molar-refractivity contribution in [1.29, 1.82) is 0 Å². The molecule has 1 aromatic heterocycles. The zero-order valence-corrected chi connectivity index (χ0v) is 6.14. The molecule has 1 atom stereocenters. The highest BCUT2D eigenvalue weighted by molar-refractivity contribution is 5.60. The molecule has 0 amide bonds. The van der Waals surface area contributed by atoms with Gasteiger partial charge < -0.3 is 0 Å². The van der Waals surface area contributed by atoms with Crippen LogP contribution in [-0.4, -0.2) is 16.2 Å². The minimum absolute atomic E-state index is 0.290. The highest BCUT2D eigenvalue weighted by Crippen LogP contribution is 2.23. The Hall–Kier alpha value is -1.25. The number of aromatic nitrogens is 2. The molecule has 56 valence electrons. The lowest BCUT2D eigenvalue weighted by Crippen LogP contribution is -1.94. The summed E-state index contributed by atoms with van der Waals surface area (Å²) in [7, 11) is 0. The van der Waals surface area contributed by atoms with E-state index >= 15 is 0 Å². The lowest BCUT2D eigenvalue weighted by molar-refractivity contribution is 0.695. The predicted octanol–water partition coefficient (Wildman–Crippen LogP) is 1.38. The molecule has 0 N–H and O–H groups in total. The highest BCUT2D eigenvalue weighted by atomic mass is 14.9. The summed E-state index contributed by atoms with van der Waals surface area (Å²) in [5, 5.41) is 0. The fraction of sp³-hybridized carbons (Fsp3) is 0.375. The zero-order chi connectivity index (χ0) is 7.52. The van der Waals surface area contributed by atoms with E-state index in [1.54, 1.807) is 12.5 Å². The molecule has 1 aromatic rings. The maximum atomic E-state index is 4.29. The van der Waals surface area contributed by atoms with Gasteiger partial charge in [-0.05, 0) is 25.1 Å². The van der Waals surface area contributed by atoms with E-state index in [9.17, 15) is 0 Å². The molecule has 2 rings (SSSR count). The molecule has 0 aromatic carbocycles. The maximum absolute atomic E-state index is 4.29. The van der Waals surface area contributed by atoms with Gasteiger partial charge in [0.1, 0.15) is 6.33 Å². The molecule has 0 radical (unpaired) electrons. The van der Waals surface area contributed by atoms with Crippen molar-refractivity contribution in [3.05, 3.63) is 24.3 Å². The van der Waals surface area contributed by atoms with Gasteiger partial charge in [0, 0.05) is 6.20 Å². The van der Waals surface area contributed by atoms with E-state index in [4.69, 9.17) is 0 Å². The van der Waals surface area contributed by atoms with Gasteiger partial charge in [0.05, 0.1) is 11.7 Å². The third kappa shape index (κ3) is 1.27. The molecule has 0 spiro atoms. The monoisotopic (exact) mass is 147 g/mol. The van der Waals surface area contributed by atoms with Gasteiger partial charge in [-0.3, -0.25) is 4.99 Å². The van der Waals surface area contributed by atoms with Crippen molar-refractivity contribution in [3.8, 4) is 0 Å². The Bertz CT molecular complexity index is 255. The Morgan fingerprint density at radius 3 is 3.09 bits per heavy atom. The first-order valence-corrected chi connectivity index (χ1v) is 3.74. The van der Waals surface area contributed by atoms with Crippen LogP contribution in [-0.2, 0) is 0 Å². The first-order chi connectivity index (χ1) is 5.47. The van der Waals surface area contributed by atoms with Crippen LogP contribution in [0.2, 0.25) is 0 Å². The van der Waals surface area contributed by atoms with E-state index in [0.717, 1.165) is 18.5 Å². The third-order valence-electron chi connectivity index (χ3n) is 1.80. The van der Waals surface area contributed by atoms with E-state index in [1.165, 1.54) is 0 Å². The number of aliphatic imine (C=N–C) groups is 1. The Morgan fingerprint density at radius 2 is 2.45 bits per heavy atom. The summed E-state index contributed by atoms with van der Waals surface area (Å²) < 4.78 is 0. The fourth-order valence-electron chi connectivity index (χ4n) is 1.23. The van der Waals surface area contributed by atoms with Gasteiger partial charge in [-0.1, -0.05) is 0 Å². The van der Waals surface area contributed by atoms with Crippen LogP contribution in [0, 0.1) is 0 Å². The SMILES string of the molecule is C1=NC(c2ccncn2)CC1. The Balaban J connectivity index is 2.23. The number of nitrogens with zero attached hydrogens (tertiary/aromatic N) is 3. The molecule has 0 saturated heterocycles. The molecule has 3 heteroatoms. The normalized spacial score (nSPS) is 22.4. The number of rotatable bonds is 1. The van der Waals surface area contributed by atoms with Crippen LogP contribution in [0.1, 0.15) is 24.6 Å². The van der Waals surface area contributed by atoms with Gasteiger partial charge in [0.15, 0.2) is 0 Å². The number of hydrogen-bond acceptors (Lipinski definition) is 3. The average Bonchev–Trinajstić information content (AvgIpc) is 2.58. The summed E-state index contributed by atoms with van der Waals surface area (Å²) in [6.07, 6.45) is 7.47. The van der Waals surface area contributed by atoms with Gasteiger partial charge in [-0.25, -0.2) is 9.97 Å². The van der Waals surface area contributed by atoms with Crippen LogP contribution in [0.25, 0.3) is 0 Å². The molecule has 0 fully saturated rings. The van der Waals surface area contributed by atoms with Crippen molar-refractivity contribution in [3.63, 3.8) is 0 Å². The first kappa shape index (κ1) is 6.46. The quantitative estimate of drug-likeness (QED) is 0.602. The topological polar surface area (TPSA) is 38.1 Å². The van der Waals surface area contributed by atoms with Crippen LogP contribution in [0.15, 0.2) is 23.6 Å². The smallest absolute Gasteiger partial charge is 0.115 e. The summed E-state index contributed by atoms with van der Waals surface area (Å²) in [5.41, 5.74) is 1.04. The average molecular weight is 147 g/mol. The van der Waals surface area contributed by atoms with Gasteiger partial charge >= 0.3 is 0 Å². The molecule has 11 heavy (non-hydrogen) atoms. The maximum Gasteiger partial charge on any atom is 0.115 e. The molecule has 0 bridgehead atoms. The van der Waals surface area contributed by atoms with E-state index in [2.05, 4.69) is 15.0 Å². The minimum atomic E-state index is 0.290. The molecule has 0 aliphatic carbocycles. The van der Waals surface area contributed by atoms with Crippen LogP contribution < -0.4 is 0 Å². The van der Waals surface area contributed by atoms with Gasteiger partial charge in [-0.2, -0.15) is 0 Å². The van der Waals surface area contributed by atoms with Crippen LogP contribution >= 0.6 is 0 Å². The van der Waals surface area contributed by atoms with Crippen molar-refractivity contribution in [2.75, 3.05) is 0 Å². The zero-order valence-electron chi connectivity index (χ0n) is 6.14. The van der Waals surface area contributed by atoms with Gasteiger partial charge in [-0.15, -0.1) is 0 Å². The molecule has 1 aliphatic rings. The molecular formula is C8H9N3. The van der Waals surface area contributed by atoms with Gasteiger partial charge in [0.2, 0.25) is 0 Å². The highest BCUT2D eigenvalue weighted by Gasteiger charge is 2.13. The largest absolute Gasteiger partial charge is 0.288 e. The second-order valence-corrected chi connectivity index (χ2v) is 2.56. The van der Waals surface area contributed by atoms with E-state index < -0.39 is 0 Å². The number of hydrogen-bond donors (Lipinski definition) is 0. The third-order valence-corrected chi connectivity index (χ3v) is 1.80. The van der Waals surface area contributed by atoms with E-state index in [-0.39, 0.29) is 6.04 Å². The van der Waals surface area contributed by atoms with Crippen molar-refractivity contribution in [2.24, 2.45) is 4.99 Å². The van der Waals surface area contributed by atoms with E-state index in [1.807, 2.05) is 12.3 Å².